The molecule has 2 unspecified atom stereocenters. The predicted octanol–water partition coefficient (Wildman–Crippen LogP) is 6.91. The maximum Gasteiger partial charge on any atom is 0.416 e. The Kier molecular flexibility index (Phi) is 10.9. The second kappa shape index (κ2) is 14.4. The highest BCUT2D eigenvalue weighted by molar-refractivity contribution is 5.82. The van der Waals surface area contributed by atoms with Crippen LogP contribution in [0.5, 0.6) is 0 Å². The van der Waals surface area contributed by atoms with Gasteiger partial charge in [0, 0.05) is 24.4 Å². The predicted molar refractivity (Wildman–Crippen MR) is 168 cm³/mol. The average Bonchev–Trinajstić information content (AvgIpc) is 2.94. The van der Waals surface area contributed by atoms with Crippen LogP contribution in [0.15, 0.2) is 41.3 Å². The van der Waals surface area contributed by atoms with Crippen LogP contribution in [0.2, 0.25) is 0 Å². The Morgan fingerprint density at radius 3 is 2.28 bits per heavy atom. The molecule has 2 N–H and O–H groups in total. The number of carbonyl (C=O) groups is 2. The third-order valence-corrected chi connectivity index (χ3v) is 8.70. The van der Waals surface area contributed by atoms with Crippen molar-refractivity contribution in [3.63, 3.8) is 0 Å². The van der Waals surface area contributed by atoms with E-state index in [0.29, 0.717) is 34.9 Å². The molecule has 2 atom stereocenters. The van der Waals surface area contributed by atoms with E-state index < -0.39 is 59.3 Å². The zero-order chi connectivity index (χ0) is 34.8. The molecule has 1 amide bonds. The number of aliphatic carboxylic acids is 1. The average molecular weight is 662 g/mol. The van der Waals surface area contributed by atoms with E-state index in [2.05, 4.69) is 5.32 Å². The van der Waals surface area contributed by atoms with Crippen LogP contribution < -0.4 is 10.9 Å². The summed E-state index contributed by atoms with van der Waals surface area (Å²) in [5, 5.41) is 12.3. The number of rotatable bonds is 12. The minimum absolute atomic E-state index is 0.00295. The summed E-state index contributed by atoms with van der Waals surface area (Å²) in [5.74, 6) is -3.65. The minimum Gasteiger partial charge on any atom is -0.481 e. The lowest BCUT2D eigenvalue weighted by molar-refractivity contribution is -0.139. The third-order valence-electron chi connectivity index (χ3n) is 8.70. The number of benzene rings is 2. The zero-order valence-electron chi connectivity index (χ0n) is 27.1. The number of amides is 1. The van der Waals surface area contributed by atoms with Gasteiger partial charge in [-0.3, -0.25) is 14.4 Å². The topological polar surface area (TPSA) is 91.6 Å². The van der Waals surface area contributed by atoms with Crippen molar-refractivity contribution in [1.82, 2.24) is 14.8 Å². The molecule has 0 aliphatic carbocycles. The van der Waals surface area contributed by atoms with Crippen molar-refractivity contribution in [3.8, 4) is 11.1 Å². The molecule has 4 rings (SSSR count). The van der Waals surface area contributed by atoms with Gasteiger partial charge in [-0.25, -0.2) is 8.78 Å². The lowest BCUT2D eigenvalue weighted by Gasteiger charge is -2.31. The molecule has 12 heteroatoms. The van der Waals surface area contributed by atoms with E-state index in [1.807, 2.05) is 4.90 Å². The first-order chi connectivity index (χ1) is 22.0. The van der Waals surface area contributed by atoms with E-state index in [-0.39, 0.29) is 35.4 Å². The van der Waals surface area contributed by atoms with Gasteiger partial charge in [0.15, 0.2) is 0 Å². The van der Waals surface area contributed by atoms with Crippen molar-refractivity contribution < 1.29 is 36.6 Å². The quantitative estimate of drug-likeness (QED) is 0.206. The van der Waals surface area contributed by atoms with Gasteiger partial charge >= 0.3 is 12.1 Å². The fourth-order valence-corrected chi connectivity index (χ4v) is 6.12. The maximum absolute atomic E-state index is 15.7. The molecule has 1 aliphatic heterocycles. The van der Waals surface area contributed by atoms with Crippen LogP contribution in [0.4, 0.5) is 22.0 Å². The second-order valence-corrected chi connectivity index (χ2v) is 12.8. The number of nitrogens with one attached hydrogen (secondary N) is 1. The number of halogens is 5. The number of alkyl halides is 3. The molecule has 0 saturated carbocycles. The number of hydrogen-bond acceptors (Lipinski definition) is 4. The van der Waals surface area contributed by atoms with Crippen molar-refractivity contribution in [2.75, 3.05) is 19.6 Å². The van der Waals surface area contributed by atoms with Gasteiger partial charge in [-0.1, -0.05) is 19.9 Å². The summed E-state index contributed by atoms with van der Waals surface area (Å²) in [5.41, 5.74) is -0.342. The van der Waals surface area contributed by atoms with Crippen molar-refractivity contribution in [2.24, 2.45) is 5.92 Å². The van der Waals surface area contributed by atoms with Crippen LogP contribution in [-0.4, -0.2) is 46.1 Å². The first-order valence-electron chi connectivity index (χ1n) is 15.6. The first-order valence-corrected chi connectivity index (χ1v) is 15.6. The zero-order valence-corrected chi connectivity index (χ0v) is 27.1. The lowest BCUT2D eigenvalue weighted by atomic mass is 9.90. The molecule has 47 heavy (non-hydrogen) atoms. The highest BCUT2D eigenvalue weighted by atomic mass is 19.4. The number of nitrogens with zero attached hydrogens (tertiary/aromatic N) is 2. The fraction of sp³-hybridized carbons (Fsp3) is 0.457. The molecule has 0 spiro atoms. The van der Waals surface area contributed by atoms with E-state index in [9.17, 15) is 37.1 Å². The second-order valence-electron chi connectivity index (χ2n) is 12.8. The molecular weight excluding hydrogens is 621 g/mol. The number of hydrogen-bond donors (Lipinski definition) is 2. The monoisotopic (exact) mass is 661 g/mol. The summed E-state index contributed by atoms with van der Waals surface area (Å²) >= 11 is 0. The van der Waals surface area contributed by atoms with Crippen LogP contribution in [0.1, 0.15) is 78.6 Å². The van der Waals surface area contributed by atoms with Gasteiger partial charge in [0.05, 0.1) is 18.0 Å². The van der Waals surface area contributed by atoms with Crippen LogP contribution in [0, 0.1) is 38.3 Å². The molecule has 7 nitrogen and oxygen atoms in total. The van der Waals surface area contributed by atoms with Crippen LogP contribution >= 0.6 is 0 Å². The van der Waals surface area contributed by atoms with Gasteiger partial charge in [-0.2, -0.15) is 13.2 Å². The van der Waals surface area contributed by atoms with E-state index in [4.69, 9.17) is 0 Å². The summed E-state index contributed by atoms with van der Waals surface area (Å²) in [7, 11) is 0. The van der Waals surface area contributed by atoms with Crippen molar-refractivity contribution in [2.45, 2.75) is 78.6 Å². The third kappa shape index (κ3) is 8.27. The van der Waals surface area contributed by atoms with Gasteiger partial charge in [-0.05, 0) is 111 Å². The normalized spacial score (nSPS) is 15.0. The summed E-state index contributed by atoms with van der Waals surface area (Å²) < 4.78 is 73.2. The highest BCUT2D eigenvalue weighted by Gasteiger charge is 2.36. The molecular formula is C35H40F5N3O4. The molecule has 2 aromatic carbocycles. The molecule has 254 valence electrons. The minimum atomic E-state index is -4.79. The van der Waals surface area contributed by atoms with E-state index in [0.717, 1.165) is 30.3 Å². The molecule has 1 fully saturated rings. The van der Waals surface area contributed by atoms with Crippen LogP contribution in [-0.2, 0) is 22.2 Å². The number of carboxylic acid groups (broad SMARTS) is 1. The Balaban J connectivity index is 1.78. The Hall–Kier alpha value is -4.06. The van der Waals surface area contributed by atoms with Crippen LogP contribution in [0.3, 0.4) is 0 Å². The number of aryl methyl sites for hydroxylation is 2. The largest absolute Gasteiger partial charge is 0.481 e. The Morgan fingerprint density at radius 2 is 1.70 bits per heavy atom. The lowest BCUT2D eigenvalue weighted by Crippen LogP contribution is -2.41. The fourth-order valence-electron chi connectivity index (χ4n) is 6.12. The molecule has 1 saturated heterocycles. The molecule has 1 aromatic heterocycles. The molecule has 2 heterocycles. The molecule has 3 aromatic rings. The number of carbonyl (C=O) groups excluding carboxylic acids is 1. The molecule has 1 aliphatic rings. The van der Waals surface area contributed by atoms with Gasteiger partial charge < -0.3 is 19.9 Å². The number of carboxylic acids is 1. The molecule has 0 radical (unpaired) electrons. The van der Waals surface area contributed by atoms with Gasteiger partial charge in [-0.15, -0.1) is 0 Å². The van der Waals surface area contributed by atoms with E-state index >= 15 is 4.39 Å². The smallest absolute Gasteiger partial charge is 0.416 e. The number of pyridine rings is 1. The Bertz CT molecular complexity index is 1710. The number of likely N-dealkylation sites (tertiary alicyclic amines) is 1. The Morgan fingerprint density at radius 1 is 1.02 bits per heavy atom. The van der Waals surface area contributed by atoms with Crippen molar-refractivity contribution in [3.05, 3.63) is 91.9 Å². The van der Waals surface area contributed by atoms with E-state index in [1.165, 1.54) is 25.1 Å². The van der Waals surface area contributed by atoms with Gasteiger partial charge in [0.1, 0.15) is 17.7 Å². The highest BCUT2D eigenvalue weighted by Crippen LogP contribution is 2.35. The van der Waals surface area contributed by atoms with E-state index in [1.54, 1.807) is 33.8 Å². The summed E-state index contributed by atoms with van der Waals surface area (Å²) in [4.78, 5) is 41.1. The number of aromatic nitrogens is 1. The van der Waals surface area contributed by atoms with Gasteiger partial charge in [0.25, 0.3) is 5.56 Å². The maximum atomic E-state index is 15.7. The van der Waals surface area contributed by atoms with Crippen molar-refractivity contribution in [1.29, 1.82) is 0 Å². The summed E-state index contributed by atoms with van der Waals surface area (Å²) in [6, 6.07) is 3.54. The summed E-state index contributed by atoms with van der Waals surface area (Å²) in [6.45, 7) is 10.2. The first kappa shape index (κ1) is 35.8. The van der Waals surface area contributed by atoms with Crippen LogP contribution in [0.25, 0.3) is 11.1 Å². The standard InChI is InChI=1S/C35H40F5N3O4/c1-19(2)13-29(43-18-23(9-12-42-10-6-11-42)26(16-30(43)44)35(38,39)40)34(47)41-28(17-31(45)46)25-15-24(14-21(4)33(25)37)32-20(3)7-8-27(36)22(32)5/h7-8,14-16,18-19,28-29H,6,9-13,17H2,1-5H3,(H,41,47)(H,45,46). The Labute approximate surface area is 270 Å². The molecule has 0 bridgehead atoms. The van der Waals surface area contributed by atoms with Crippen molar-refractivity contribution >= 4 is 11.9 Å². The SMILES string of the molecule is Cc1cc(-c2c(C)ccc(F)c2C)cc(C(CC(=O)O)NC(=O)C(CC(C)C)n2cc(CCN3CCC3)c(C(F)(F)F)cc2=O)c1F. The van der Waals surface area contributed by atoms with Gasteiger partial charge in [0.2, 0.25) is 5.91 Å². The summed E-state index contributed by atoms with van der Waals surface area (Å²) in [6.07, 6.45) is -3.46.